The molecular formula is C17H14ClN5O4. The third-order valence-electron chi connectivity index (χ3n) is 4.11. The summed E-state index contributed by atoms with van der Waals surface area (Å²) in [6.45, 7) is 0.725. The highest BCUT2D eigenvalue weighted by molar-refractivity contribution is 6.33. The van der Waals surface area contributed by atoms with E-state index in [0.29, 0.717) is 19.4 Å². The van der Waals surface area contributed by atoms with E-state index < -0.39 is 10.8 Å². The van der Waals surface area contributed by atoms with Crippen molar-refractivity contribution in [2.75, 3.05) is 13.1 Å². The second-order valence-electron chi connectivity index (χ2n) is 5.88. The maximum atomic E-state index is 12.8. The van der Waals surface area contributed by atoms with Crippen LogP contribution in [0.5, 0.6) is 5.88 Å². The van der Waals surface area contributed by atoms with Crippen LogP contribution in [-0.4, -0.2) is 44.9 Å². The molecule has 1 saturated heterocycles. The molecule has 1 aliphatic rings. The van der Waals surface area contributed by atoms with E-state index in [0.717, 1.165) is 0 Å². The lowest BCUT2D eigenvalue weighted by atomic mass is 10.1. The first-order chi connectivity index (χ1) is 13.0. The van der Waals surface area contributed by atoms with Crippen LogP contribution in [0.2, 0.25) is 5.02 Å². The number of nitro benzene ring substituents is 1. The van der Waals surface area contributed by atoms with Gasteiger partial charge >= 0.3 is 0 Å². The van der Waals surface area contributed by atoms with Gasteiger partial charge in [-0.25, -0.2) is 9.97 Å². The number of nitrogens with zero attached hydrogens (tertiary/aromatic N) is 5. The number of carbonyl (C=O) groups is 1. The Morgan fingerprint density at radius 2 is 2.19 bits per heavy atom. The SMILES string of the molecule is N#Cc1nccnc1OC1CCCN(C(=O)c2cc([N+](=O)[O-])ccc2Cl)C1. The summed E-state index contributed by atoms with van der Waals surface area (Å²) < 4.78 is 5.75. The van der Waals surface area contributed by atoms with Gasteiger partial charge in [0.1, 0.15) is 12.2 Å². The van der Waals surface area contributed by atoms with Gasteiger partial charge in [-0.3, -0.25) is 14.9 Å². The van der Waals surface area contributed by atoms with Crippen molar-refractivity contribution in [1.29, 1.82) is 5.26 Å². The van der Waals surface area contributed by atoms with Crippen molar-refractivity contribution in [2.45, 2.75) is 18.9 Å². The van der Waals surface area contributed by atoms with Crippen molar-refractivity contribution in [3.63, 3.8) is 0 Å². The van der Waals surface area contributed by atoms with E-state index in [1.807, 2.05) is 6.07 Å². The van der Waals surface area contributed by atoms with Gasteiger partial charge < -0.3 is 9.64 Å². The molecule has 1 unspecified atom stereocenters. The van der Waals surface area contributed by atoms with Crippen LogP contribution in [0, 0.1) is 21.4 Å². The lowest BCUT2D eigenvalue weighted by Gasteiger charge is -2.32. The van der Waals surface area contributed by atoms with E-state index in [4.69, 9.17) is 21.6 Å². The van der Waals surface area contributed by atoms with Crippen LogP contribution in [0.1, 0.15) is 28.9 Å². The highest BCUT2D eigenvalue weighted by Crippen LogP contribution is 2.25. The maximum absolute atomic E-state index is 12.8. The van der Waals surface area contributed by atoms with Crippen molar-refractivity contribution in [3.8, 4) is 11.9 Å². The summed E-state index contributed by atoms with van der Waals surface area (Å²) in [5.74, 6) is -0.288. The summed E-state index contributed by atoms with van der Waals surface area (Å²) in [4.78, 5) is 32.6. The zero-order valence-electron chi connectivity index (χ0n) is 14.0. The molecule has 138 valence electrons. The minimum absolute atomic E-state index is 0.0719. The van der Waals surface area contributed by atoms with Gasteiger partial charge in [-0.05, 0) is 18.9 Å². The second kappa shape index (κ2) is 7.97. The fourth-order valence-electron chi connectivity index (χ4n) is 2.83. The molecule has 0 bridgehead atoms. The summed E-state index contributed by atoms with van der Waals surface area (Å²) >= 11 is 6.07. The molecule has 0 saturated carbocycles. The van der Waals surface area contributed by atoms with Gasteiger partial charge in [-0.1, -0.05) is 11.6 Å². The van der Waals surface area contributed by atoms with E-state index in [-0.39, 0.29) is 40.5 Å². The molecule has 2 heterocycles. The van der Waals surface area contributed by atoms with Gasteiger partial charge in [0.25, 0.3) is 17.5 Å². The molecule has 9 nitrogen and oxygen atoms in total. The number of hydrogen-bond acceptors (Lipinski definition) is 7. The van der Waals surface area contributed by atoms with Crippen molar-refractivity contribution < 1.29 is 14.5 Å². The second-order valence-corrected chi connectivity index (χ2v) is 6.28. The van der Waals surface area contributed by atoms with E-state index in [1.54, 1.807) is 0 Å². The van der Waals surface area contributed by atoms with Gasteiger partial charge in [-0.2, -0.15) is 5.26 Å². The standard InChI is InChI=1S/C17H14ClN5O4/c18-14-4-3-11(23(25)26)8-13(14)17(24)22-7-1-2-12(10-22)27-16-15(9-19)20-5-6-21-16/h3-6,8,12H,1-2,7,10H2. The number of piperidine rings is 1. The zero-order chi connectivity index (χ0) is 19.4. The normalized spacial score (nSPS) is 16.4. The molecule has 27 heavy (non-hydrogen) atoms. The first kappa shape index (κ1) is 18.5. The number of nitro groups is 1. The zero-order valence-corrected chi connectivity index (χ0v) is 14.8. The Morgan fingerprint density at radius 1 is 1.41 bits per heavy atom. The predicted molar refractivity (Wildman–Crippen MR) is 94.4 cm³/mol. The average molecular weight is 388 g/mol. The Bertz CT molecular complexity index is 930. The Morgan fingerprint density at radius 3 is 2.93 bits per heavy atom. The minimum Gasteiger partial charge on any atom is -0.470 e. The molecule has 1 fully saturated rings. The molecule has 2 aromatic rings. The van der Waals surface area contributed by atoms with Gasteiger partial charge in [0, 0.05) is 31.1 Å². The molecule has 0 spiro atoms. The van der Waals surface area contributed by atoms with Crippen LogP contribution in [0.25, 0.3) is 0 Å². The van der Waals surface area contributed by atoms with Gasteiger partial charge in [0.2, 0.25) is 5.69 Å². The smallest absolute Gasteiger partial charge is 0.270 e. The number of ether oxygens (including phenoxy) is 1. The van der Waals surface area contributed by atoms with Crippen molar-refractivity contribution in [2.24, 2.45) is 0 Å². The summed E-state index contributed by atoms with van der Waals surface area (Å²) in [7, 11) is 0. The highest BCUT2D eigenvalue weighted by Gasteiger charge is 2.28. The number of likely N-dealkylation sites (tertiary alicyclic amines) is 1. The molecule has 0 N–H and O–H groups in total. The molecule has 0 radical (unpaired) electrons. The molecule has 1 aromatic carbocycles. The first-order valence-electron chi connectivity index (χ1n) is 8.10. The molecule has 3 rings (SSSR count). The topological polar surface area (TPSA) is 122 Å². The molecule has 1 aliphatic heterocycles. The van der Waals surface area contributed by atoms with Crippen molar-refractivity contribution in [3.05, 3.63) is 57.0 Å². The maximum Gasteiger partial charge on any atom is 0.270 e. The number of non-ortho nitro benzene ring substituents is 1. The molecular weight excluding hydrogens is 374 g/mol. The number of benzene rings is 1. The largest absolute Gasteiger partial charge is 0.470 e. The van der Waals surface area contributed by atoms with Crippen LogP contribution >= 0.6 is 11.6 Å². The molecule has 1 amide bonds. The van der Waals surface area contributed by atoms with E-state index in [9.17, 15) is 14.9 Å². The van der Waals surface area contributed by atoms with E-state index in [2.05, 4.69) is 9.97 Å². The third kappa shape index (κ3) is 4.12. The predicted octanol–water partition coefficient (Wildman–Crippen LogP) is 2.59. The molecule has 10 heteroatoms. The minimum atomic E-state index is -0.577. The van der Waals surface area contributed by atoms with Crippen molar-refractivity contribution in [1.82, 2.24) is 14.9 Å². The highest BCUT2D eigenvalue weighted by atomic mass is 35.5. The van der Waals surface area contributed by atoms with Crippen LogP contribution in [0.3, 0.4) is 0 Å². The molecule has 1 atom stereocenters. The van der Waals surface area contributed by atoms with Crippen LogP contribution < -0.4 is 4.74 Å². The Labute approximate surface area is 159 Å². The van der Waals surface area contributed by atoms with Gasteiger partial charge in [0.15, 0.2) is 0 Å². The fraction of sp³-hybridized carbons (Fsp3) is 0.294. The van der Waals surface area contributed by atoms with E-state index in [1.165, 1.54) is 35.5 Å². The third-order valence-corrected chi connectivity index (χ3v) is 4.43. The molecule has 0 aliphatic carbocycles. The summed E-state index contributed by atoms with van der Waals surface area (Å²) in [5.41, 5.74) is -0.0582. The first-order valence-corrected chi connectivity index (χ1v) is 8.48. The van der Waals surface area contributed by atoms with Gasteiger partial charge in [0.05, 0.1) is 22.1 Å². The lowest BCUT2D eigenvalue weighted by Crippen LogP contribution is -2.44. The number of amides is 1. The van der Waals surface area contributed by atoms with E-state index >= 15 is 0 Å². The number of aromatic nitrogens is 2. The quantitative estimate of drug-likeness (QED) is 0.583. The monoisotopic (exact) mass is 387 g/mol. The molecule has 1 aromatic heterocycles. The Kier molecular flexibility index (Phi) is 5.47. The van der Waals surface area contributed by atoms with Crippen LogP contribution in [-0.2, 0) is 0 Å². The Hall–Kier alpha value is -3.25. The summed E-state index contributed by atoms with van der Waals surface area (Å²) in [6.07, 6.45) is 3.79. The fourth-order valence-corrected chi connectivity index (χ4v) is 3.02. The summed E-state index contributed by atoms with van der Waals surface area (Å²) in [6, 6.07) is 5.67. The Balaban J connectivity index is 1.76. The number of carbonyl (C=O) groups excluding carboxylic acids is 1. The van der Waals surface area contributed by atoms with Crippen molar-refractivity contribution >= 4 is 23.2 Å². The van der Waals surface area contributed by atoms with Gasteiger partial charge in [-0.15, -0.1) is 0 Å². The van der Waals surface area contributed by atoms with Crippen LogP contribution in [0.15, 0.2) is 30.6 Å². The number of nitriles is 1. The number of hydrogen-bond donors (Lipinski definition) is 0. The number of rotatable bonds is 4. The van der Waals surface area contributed by atoms with Crippen LogP contribution in [0.4, 0.5) is 5.69 Å². The average Bonchev–Trinajstić information content (AvgIpc) is 2.68. The summed E-state index contributed by atoms with van der Waals surface area (Å²) in [5, 5.41) is 20.2. The number of halogens is 1. The lowest BCUT2D eigenvalue weighted by molar-refractivity contribution is -0.384.